The summed E-state index contributed by atoms with van der Waals surface area (Å²) in [4.78, 5) is 59.7. The minimum absolute atomic E-state index is 0.00624. The summed E-state index contributed by atoms with van der Waals surface area (Å²) < 4.78 is 14.3. The van der Waals surface area contributed by atoms with E-state index in [-0.39, 0.29) is 44.6 Å². The molecule has 0 aliphatic carbocycles. The van der Waals surface area contributed by atoms with E-state index in [4.69, 9.17) is 9.47 Å². The number of fused-ring (bicyclic) bond motifs is 3. The van der Waals surface area contributed by atoms with Gasteiger partial charge in [-0.3, -0.25) is 19.2 Å². The first-order valence-electron chi connectivity index (χ1n) is 16.8. The average Bonchev–Trinajstić information content (AvgIpc) is 3.85. The second kappa shape index (κ2) is 13.2. The number of carbonyl (C=O) groups excluding carboxylic acids is 4. The molecule has 256 valence electrons. The first-order chi connectivity index (χ1) is 23.7. The number of carbonyl (C=O) groups is 4. The van der Waals surface area contributed by atoms with Crippen LogP contribution in [-0.2, 0) is 35.3 Å². The Labute approximate surface area is 283 Å². The standard InChI is InChI=1S/C36H40N6O7/c1-22(2)26(20-43)42-32-34(46)40(21-41-25-14-9-8-13-24(25)38-39-41)18-10-4-7-15-29(44)37-19-28(23-11-5-3-6-12-23)48-35(47)30-27-16-17-36(32,49-27)31(30)33(42)45/h3-6,8-14,16-17,22,26-28,30-32,43H,7,15,18-21H2,1-2H3,(H,37,44)/b10-4-/t26-,27+,28+,30-,31-,32+,36-/m0/s1. The normalized spacial score (nSPS) is 30.2. The number of likely N-dealkylation sites (tertiary alicyclic amines) is 1. The summed E-state index contributed by atoms with van der Waals surface area (Å²) in [5, 5.41) is 22.1. The Kier molecular flexibility index (Phi) is 8.80. The van der Waals surface area contributed by atoms with Gasteiger partial charge in [-0.15, -0.1) is 5.10 Å². The van der Waals surface area contributed by atoms with Crippen LogP contribution in [0.2, 0.25) is 0 Å². The van der Waals surface area contributed by atoms with Crippen LogP contribution in [0.5, 0.6) is 0 Å². The molecule has 5 heterocycles. The lowest BCUT2D eigenvalue weighted by molar-refractivity contribution is -0.161. The number of aromatic nitrogens is 3. The molecule has 1 spiro atoms. The molecule has 13 nitrogen and oxygen atoms in total. The molecule has 4 aliphatic rings. The number of hydrogen-bond donors (Lipinski definition) is 2. The Morgan fingerprint density at radius 3 is 2.57 bits per heavy atom. The molecule has 5 bridgehead atoms. The maximum Gasteiger partial charge on any atom is 0.313 e. The monoisotopic (exact) mass is 668 g/mol. The lowest BCUT2D eigenvalue weighted by atomic mass is 9.74. The van der Waals surface area contributed by atoms with Crippen LogP contribution >= 0.6 is 0 Å². The number of nitrogens with one attached hydrogen (secondary N) is 1. The summed E-state index contributed by atoms with van der Waals surface area (Å²) in [5.41, 5.74) is 0.599. The van der Waals surface area contributed by atoms with Crippen molar-refractivity contribution in [3.63, 3.8) is 0 Å². The van der Waals surface area contributed by atoms with Crippen molar-refractivity contribution in [1.29, 1.82) is 0 Å². The van der Waals surface area contributed by atoms with Gasteiger partial charge in [0.2, 0.25) is 11.8 Å². The van der Waals surface area contributed by atoms with Gasteiger partial charge in [0.1, 0.15) is 35.9 Å². The highest BCUT2D eigenvalue weighted by Gasteiger charge is 2.74. The number of cyclic esters (lactones) is 1. The molecule has 3 aromatic rings. The first kappa shape index (κ1) is 32.7. The van der Waals surface area contributed by atoms with E-state index in [9.17, 15) is 19.5 Å². The van der Waals surface area contributed by atoms with E-state index in [2.05, 4.69) is 15.6 Å². The van der Waals surface area contributed by atoms with Crippen molar-refractivity contribution in [3.8, 4) is 0 Å². The molecule has 0 saturated carbocycles. The third-order valence-corrected chi connectivity index (χ3v) is 10.1. The van der Waals surface area contributed by atoms with Gasteiger partial charge in [-0.25, -0.2) is 4.68 Å². The fraction of sp³-hybridized carbons (Fsp3) is 0.444. The van der Waals surface area contributed by atoms with E-state index in [1.54, 1.807) is 21.7 Å². The molecule has 2 N–H and O–H groups in total. The summed E-state index contributed by atoms with van der Waals surface area (Å²) in [6.07, 6.45) is 6.10. The molecule has 49 heavy (non-hydrogen) atoms. The summed E-state index contributed by atoms with van der Waals surface area (Å²) >= 11 is 0. The van der Waals surface area contributed by atoms with Gasteiger partial charge in [0.05, 0.1) is 36.7 Å². The van der Waals surface area contributed by atoms with Crippen molar-refractivity contribution in [3.05, 3.63) is 84.5 Å². The SMILES string of the molecule is CC(C)[C@H](CO)N1C(=O)[C@@H]2[C@H]3C(=O)O[C@@H](c4ccccc4)CNC(=O)CC/C=C\CN(Cn4nnc5ccccc54)C(=O)[C@@H]1[C@]21C=C[C@H]3O1. The number of rotatable bonds is 6. The highest BCUT2D eigenvalue weighted by molar-refractivity contribution is 5.99. The van der Waals surface area contributed by atoms with Gasteiger partial charge in [0.25, 0.3) is 5.91 Å². The number of nitrogens with zero attached hydrogens (tertiary/aromatic N) is 5. The van der Waals surface area contributed by atoms with Crippen LogP contribution in [0, 0.1) is 17.8 Å². The van der Waals surface area contributed by atoms with E-state index in [1.165, 1.54) is 4.90 Å². The molecular weight excluding hydrogens is 628 g/mol. The van der Waals surface area contributed by atoms with E-state index in [0.29, 0.717) is 17.5 Å². The molecule has 3 amide bonds. The number of ether oxygens (including phenoxy) is 2. The molecule has 0 radical (unpaired) electrons. The third-order valence-electron chi connectivity index (χ3n) is 10.1. The molecule has 1 aromatic heterocycles. The topological polar surface area (TPSA) is 156 Å². The number of para-hydroxylation sites is 1. The molecule has 7 rings (SSSR count). The quantitative estimate of drug-likeness (QED) is 0.297. The Morgan fingerprint density at radius 2 is 1.80 bits per heavy atom. The van der Waals surface area contributed by atoms with Crippen molar-refractivity contribution >= 4 is 34.7 Å². The summed E-state index contributed by atoms with van der Waals surface area (Å²) in [5.74, 6) is -4.09. The second-order valence-electron chi connectivity index (χ2n) is 13.4. The molecule has 2 saturated heterocycles. The van der Waals surface area contributed by atoms with Gasteiger partial charge in [-0.05, 0) is 30.0 Å². The van der Waals surface area contributed by atoms with E-state index >= 15 is 4.79 Å². The van der Waals surface area contributed by atoms with Gasteiger partial charge in [-0.1, -0.05) is 85.8 Å². The molecule has 13 heteroatoms. The third kappa shape index (κ3) is 5.70. The Bertz CT molecular complexity index is 1810. The molecule has 2 fully saturated rings. The minimum Gasteiger partial charge on any atom is -0.455 e. The Balaban J connectivity index is 1.31. The molecule has 4 aliphatic heterocycles. The number of benzene rings is 2. The van der Waals surface area contributed by atoms with Gasteiger partial charge >= 0.3 is 5.97 Å². The van der Waals surface area contributed by atoms with Crippen molar-refractivity contribution in [2.45, 2.75) is 63.3 Å². The Hall–Kier alpha value is -4.88. The second-order valence-corrected chi connectivity index (χ2v) is 13.4. The van der Waals surface area contributed by atoms with Crippen LogP contribution in [0.15, 0.2) is 78.9 Å². The van der Waals surface area contributed by atoms with Gasteiger partial charge in [-0.2, -0.15) is 0 Å². The highest BCUT2D eigenvalue weighted by Crippen LogP contribution is 2.56. The largest absolute Gasteiger partial charge is 0.455 e. The summed E-state index contributed by atoms with van der Waals surface area (Å²) in [6.45, 7) is 3.55. The number of allylic oxidation sites excluding steroid dienone is 1. The zero-order valence-electron chi connectivity index (χ0n) is 27.4. The van der Waals surface area contributed by atoms with E-state index in [0.717, 1.165) is 5.52 Å². The van der Waals surface area contributed by atoms with Crippen LogP contribution < -0.4 is 5.32 Å². The van der Waals surface area contributed by atoms with E-state index in [1.807, 2.05) is 80.6 Å². The van der Waals surface area contributed by atoms with Crippen molar-refractivity contribution in [2.75, 3.05) is 19.7 Å². The summed E-state index contributed by atoms with van der Waals surface area (Å²) in [7, 11) is 0. The molecule has 7 atom stereocenters. The number of amides is 3. The molecule has 2 aromatic carbocycles. The maximum atomic E-state index is 15.0. The zero-order valence-corrected chi connectivity index (χ0v) is 27.4. The number of aliphatic hydroxyl groups is 1. The average molecular weight is 669 g/mol. The minimum atomic E-state index is -1.47. The zero-order chi connectivity index (χ0) is 34.3. The maximum absolute atomic E-state index is 15.0. The summed E-state index contributed by atoms with van der Waals surface area (Å²) in [6, 6.07) is 14.6. The predicted octanol–water partition coefficient (Wildman–Crippen LogP) is 2.14. The smallest absolute Gasteiger partial charge is 0.313 e. The lowest BCUT2D eigenvalue weighted by Gasteiger charge is -2.39. The molecule has 0 unspecified atom stereocenters. The van der Waals surface area contributed by atoms with Crippen molar-refractivity contribution < 1.29 is 33.8 Å². The van der Waals surface area contributed by atoms with E-state index < -0.39 is 59.5 Å². The fourth-order valence-electron chi connectivity index (χ4n) is 7.65. The molecular formula is C36H40N6O7. The fourth-order valence-corrected chi connectivity index (χ4v) is 7.65. The van der Waals surface area contributed by atoms with Crippen LogP contribution in [0.25, 0.3) is 11.0 Å². The number of hydrogen-bond acceptors (Lipinski definition) is 9. The number of esters is 1. The van der Waals surface area contributed by atoms with Gasteiger partial charge in [0, 0.05) is 13.0 Å². The van der Waals surface area contributed by atoms with Crippen LogP contribution in [0.1, 0.15) is 38.4 Å². The van der Waals surface area contributed by atoms with Crippen molar-refractivity contribution in [2.24, 2.45) is 17.8 Å². The lowest BCUT2D eigenvalue weighted by Crippen LogP contribution is -2.59. The predicted molar refractivity (Wildman–Crippen MR) is 176 cm³/mol. The van der Waals surface area contributed by atoms with Crippen LogP contribution in [0.4, 0.5) is 0 Å². The van der Waals surface area contributed by atoms with Gasteiger partial charge in [0.15, 0.2) is 0 Å². The van der Waals surface area contributed by atoms with Crippen LogP contribution in [-0.4, -0.2) is 97.1 Å². The van der Waals surface area contributed by atoms with Crippen molar-refractivity contribution in [1.82, 2.24) is 30.1 Å². The Morgan fingerprint density at radius 1 is 1.02 bits per heavy atom. The number of aliphatic hydroxyl groups excluding tert-OH is 1. The van der Waals surface area contributed by atoms with Crippen LogP contribution in [0.3, 0.4) is 0 Å². The first-order valence-corrected chi connectivity index (χ1v) is 16.8. The van der Waals surface area contributed by atoms with Gasteiger partial charge < -0.3 is 29.7 Å². The highest BCUT2D eigenvalue weighted by atomic mass is 16.6.